The van der Waals surface area contributed by atoms with Crippen molar-refractivity contribution in [3.05, 3.63) is 0 Å². The Labute approximate surface area is 139 Å². The molecule has 0 aromatic heterocycles. The van der Waals surface area contributed by atoms with Gasteiger partial charge in [0.1, 0.15) is 0 Å². The zero-order valence-electron chi connectivity index (χ0n) is 14.0. The lowest BCUT2D eigenvalue weighted by molar-refractivity contribution is 0.185. The van der Waals surface area contributed by atoms with Crippen molar-refractivity contribution < 1.29 is 13.2 Å². The Morgan fingerprint density at radius 3 is 2.52 bits per heavy atom. The minimum atomic E-state index is -3.30. The molecule has 2 aliphatic carbocycles. The van der Waals surface area contributed by atoms with Crippen molar-refractivity contribution in [1.29, 1.82) is 0 Å². The van der Waals surface area contributed by atoms with Crippen molar-refractivity contribution in [2.75, 3.05) is 20.1 Å². The van der Waals surface area contributed by atoms with Crippen LogP contribution in [0, 0.1) is 11.8 Å². The molecule has 7 heteroatoms. The second-order valence-electron chi connectivity index (χ2n) is 7.31. The summed E-state index contributed by atoms with van der Waals surface area (Å²) < 4.78 is 26.3. The van der Waals surface area contributed by atoms with Gasteiger partial charge >= 0.3 is 6.03 Å². The summed E-state index contributed by atoms with van der Waals surface area (Å²) in [6.07, 6.45) is 9.11. The van der Waals surface area contributed by atoms with E-state index in [0.29, 0.717) is 31.5 Å². The molecule has 2 N–H and O–H groups in total. The first-order valence-corrected chi connectivity index (χ1v) is 10.5. The second kappa shape index (κ2) is 6.97. The van der Waals surface area contributed by atoms with E-state index in [2.05, 4.69) is 10.0 Å². The topological polar surface area (TPSA) is 78.5 Å². The molecule has 132 valence electrons. The standard InChI is InChI=1S/C16H29N3O3S/c1-17-23(21,22)13-8-5-9-19(11-13)16(20)18-15-10-14(15)12-6-3-2-4-7-12/h12-15,17H,2-11H2,1H3,(H,18,20)/t13-,14-,15-/m1/s1. The van der Waals surface area contributed by atoms with Crippen LogP contribution in [0.3, 0.4) is 0 Å². The third-order valence-corrected chi connectivity index (χ3v) is 7.62. The predicted octanol–water partition coefficient (Wildman–Crippen LogP) is 1.68. The molecule has 3 rings (SSSR count). The minimum Gasteiger partial charge on any atom is -0.335 e. The molecule has 3 aliphatic rings. The summed E-state index contributed by atoms with van der Waals surface area (Å²) in [6.45, 7) is 0.957. The first kappa shape index (κ1) is 17.0. The van der Waals surface area contributed by atoms with Crippen LogP contribution in [0.5, 0.6) is 0 Å². The molecule has 3 atom stereocenters. The Bertz CT molecular complexity index is 531. The molecule has 1 aliphatic heterocycles. The third-order valence-electron chi connectivity index (χ3n) is 5.79. The normalized spacial score (nSPS) is 32.6. The Morgan fingerprint density at radius 2 is 1.83 bits per heavy atom. The number of hydrogen-bond acceptors (Lipinski definition) is 3. The van der Waals surface area contributed by atoms with E-state index in [4.69, 9.17) is 0 Å². The number of rotatable bonds is 4. The Kier molecular flexibility index (Phi) is 5.16. The van der Waals surface area contributed by atoms with E-state index in [0.717, 1.165) is 18.8 Å². The fraction of sp³-hybridized carbons (Fsp3) is 0.938. The van der Waals surface area contributed by atoms with E-state index in [9.17, 15) is 13.2 Å². The van der Waals surface area contributed by atoms with Crippen LogP contribution in [0.1, 0.15) is 51.4 Å². The van der Waals surface area contributed by atoms with E-state index in [1.165, 1.54) is 39.2 Å². The van der Waals surface area contributed by atoms with Gasteiger partial charge in [0, 0.05) is 19.1 Å². The van der Waals surface area contributed by atoms with Gasteiger partial charge in [-0.2, -0.15) is 0 Å². The summed E-state index contributed by atoms with van der Waals surface area (Å²) in [7, 11) is -1.86. The van der Waals surface area contributed by atoms with Gasteiger partial charge in [-0.1, -0.05) is 32.1 Å². The summed E-state index contributed by atoms with van der Waals surface area (Å²) in [5.41, 5.74) is 0. The lowest BCUT2D eigenvalue weighted by atomic mass is 9.85. The molecule has 2 amide bonds. The molecule has 1 heterocycles. The minimum absolute atomic E-state index is 0.0793. The maximum Gasteiger partial charge on any atom is 0.317 e. The maximum absolute atomic E-state index is 12.4. The molecule has 0 aromatic carbocycles. The lowest BCUT2D eigenvalue weighted by Crippen LogP contribution is -2.51. The summed E-state index contributed by atoms with van der Waals surface area (Å²) in [6, 6.07) is 0.233. The number of urea groups is 1. The van der Waals surface area contributed by atoms with Crippen LogP contribution in [0.4, 0.5) is 4.79 Å². The number of piperidine rings is 1. The number of carbonyl (C=O) groups excluding carboxylic acids is 1. The van der Waals surface area contributed by atoms with E-state index in [1.807, 2.05) is 0 Å². The summed E-state index contributed by atoms with van der Waals surface area (Å²) in [5, 5.41) is 2.65. The first-order chi connectivity index (χ1) is 11.0. The van der Waals surface area contributed by atoms with Crippen molar-refractivity contribution in [2.24, 2.45) is 11.8 Å². The number of carbonyl (C=O) groups is 1. The van der Waals surface area contributed by atoms with Crippen LogP contribution in [-0.4, -0.2) is 50.8 Å². The third kappa shape index (κ3) is 3.99. The van der Waals surface area contributed by atoms with Crippen LogP contribution in [0.2, 0.25) is 0 Å². The number of likely N-dealkylation sites (tertiary alicyclic amines) is 1. The van der Waals surface area contributed by atoms with Gasteiger partial charge in [-0.05, 0) is 38.1 Å². The Hall–Kier alpha value is -0.820. The molecule has 0 aromatic rings. The summed E-state index contributed by atoms with van der Waals surface area (Å²) in [5.74, 6) is 1.44. The SMILES string of the molecule is CNS(=O)(=O)[C@@H]1CCCN(C(=O)N[C@@H]2C[C@@H]2C2CCCCC2)C1. The fourth-order valence-electron chi connectivity index (χ4n) is 4.26. The number of amides is 2. The van der Waals surface area contributed by atoms with Crippen molar-refractivity contribution >= 4 is 16.1 Å². The van der Waals surface area contributed by atoms with Crippen LogP contribution in [0.25, 0.3) is 0 Å². The van der Waals surface area contributed by atoms with E-state index >= 15 is 0 Å². The highest BCUT2D eigenvalue weighted by Gasteiger charge is 2.44. The molecule has 0 radical (unpaired) electrons. The maximum atomic E-state index is 12.4. The molecular weight excluding hydrogens is 314 g/mol. The molecule has 2 saturated carbocycles. The van der Waals surface area contributed by atoms with Gasteiger partial charge in [-0.3, -0.25) is 0 Å². The Morgan fingerprint density at radius 1 is 1.09 bits per heavy atom. The second-order valence-corrected chi connectivity index (χ2v) is 9.48. The van der Waals surface area contributed by atoms with Gasteiger partial charge in [0.2, 0.25) is 10.0 Å². The summed E-state index contributed by atoms with van der Waals surface area (Å²) in [4.78, 5) is 14.1. The number of sulfonamides is 1. The average Bonchev–Trinajstić information content (AvgIpc) is 3.35. The van der Waals surface area contributed by atoms with Crippen LogP contribution >= 0.6 is 0 Å². The zero-order valence-corrected chi connectivity index (χ0v) is 14.8. The number of nitrogens with one attached hydrogen (secondary N) is 2. The molecule has 6 nitrogen and oxygen atoms in total. The molecule has 0 unspecified atom stereocenters. The van der Waals surface area contributed by atoms with Crippen LogP contribution < -0.4 is 10.0 Å². The van der Waals surface area contributed by atoms with Gasteiger partial charge in [-0.15, -0.1) is 0 Å². The average molecular weight is 343 g/mol. The van der Waals surface area contributed by atoms with Crippen molar-refractivity contribution in [2.45, 2.75) is 62.7 Å². The predicted molar refractivity (Wildman–Crippen MR) is 89.6 cm³/mol. The fourth-order valence-corrected chi connectivity index (χ4v) is 5.44. The molecule has 1 saturated heterocycles. The number of hydrogen-bond donors (Lipinski definition) is 2. The number of nitrogens with zero attached hydrogens (tertiary/aromatic N) is 1. The van der Waals surface area contributed by atoms with Crippen molar-refractivity contribution in [3.8, 4) is 0 Å². The van der Waals surface area contributed by atoms with Crippen molar-refractivity contribution in [3.63, 3.8) is 0 Å². The lowest BCUT2D eigenvalue weighted by Gasteiger charge is -2.32. The van der Waals surface area contributed by atoms with Crippen molar-refractivity contribution in [1.82, 2.24) is 14.9 Å². The molecular formula is C16H29N3O3S. The quantitative estimate of drug-likeness (QED) is 0.815. The van der Waals surface area contributed by atoms with Gasteiger partial charge in [-0.25, -0.2) is 17.9 Å². The van der Waals surface area contributed by atoms with E-state index in [-0.39, 0.29) is 6.03 Å². The van der Waals surface area contributed by atoms with Gasteiger partial charge in [0.15, 0.2) is 0 Å². The highest BCUT2D eigenvalue weighted by atomic mass is 32.2. The highest BCUT2D eigenvalue weighted by molar-refractivity contribution is 7.90. The first-order valence-electron chi connectivity index (χ1n) is 8.99. The highest BCUT2D eigenvalue weighted by Crippen LogP contribution is 2.44. The van der Waals surface area contributed by atoms with Crippen LogP contribution in [-0.2, 0) is 10.0 Å². The zero-order chi connectivity index (χ0) is 16.4. The van der Waals surface area contributed by atoms with E-state index in [1.54, 1.807) is 4.90 Å². The Balaban J connectivity index is 1.49. The molecule has 3 fully saturated rings. The van der Waals surface area contributed by atoms with Gasteiger partial charge < -0.3 is 10.2 Å². The summed E-state index contributed by atoms with van der Waals surface area (Å²) >= 11 is 0. The largest absolute Gasteiger partial charge is 0.335 e. The van der Waals surface area contributed by atoms with Gasteiger partial charge in [0.25, 0.3) is 0 Å². The molecule has 0 bridgehead atoms. The molecule has 0 spiro atoms. The smallest absolute Gasteiger partial charge is 0.317 e. The molecule has 23 heavy (non-hydrogen) atoms. The van der Waals surface area contributed by atoms with E-state index < -0.39 is 15.3 Å². The van der Waals surface area contributed by atoms with Gasteiger partial charge in [0.05, 0.1) is 5.25 Å². The monoisotopic (exact) mass is 343 g/mol. The van der Waals surface area contributed by atoms with Crippen LogP contribution in [0.15, 0.2) is 0 Å².